The van der Waals surface area contributed by atoms with Crippen molar-refractivity contribution >= 4 is 22.4 Å². The number of pyridine rings is 1. The molecule has 5 N–H and O–H groups in total. The van der Waals surface area contributed by atoms with Gasteiger partial charge in [0.2, 0.25) is 0 Å². The average molecular weight is 505 g/mol. The predicted octanol–water partition coefficient (Wildman–Crippen LogP) is 5.20. The summed E-state index contributed by atoms with van der Waals surface area (Å²) in [5.41, 5.74) is 19.3. The van der Waals surface area contributed by atoms with Crippen LogP contribution in [0.25, 0.3) is 16.5 Å². The highest BCUT2D eigenvalue weighted by Gasteiger charge is 2.20. The summed E-state index contributed by atoms with van der Waals surface area (Å²) in [6.45, 7) is 6.41. The fourth-order valence-electron chi connectivity index (χ4n) is 5.00. The molecule has 7 heteroatoms. The zero-order valence-corrected chi connectivity index (χ0v) is 21.9. The van der Waals surface area contributed by atoms with Crippen LogP contribution in [-0.4, -0.2) is 14.5 Å². The van der Waals surface area contributed by atoms with Crippen molar-refractivity contribution in [3.05, 3.63) is 123 Å². The normalized spacial score (nSPS) is 12.0. The molecule has 0 aliphatic carbocycles. The summed E-state index contributed by atoms with van der Waals surface area (Å²) < 4.78 is 1.78. The van der Waals surface area contributed by atoms with E-state index in [1.54, 1.807) is 4.57 Å². The highest BCUT2D eigenvalue weighted by molar-refractivity contribution is 5.85. The van der Waals surface area contributed by atoms with Gasteiger partial charge in [-0.05, 0) is 60.0 Å². The number of aryl methyl sites for hydroxylation is 3. The van der Waals surface area contributed by atoms with E-state index in [4.69, 9.17) is 11.5 Å². The molecule has 2 aromatic heterocycles. The summed E-state index contributed by atoms with van der Waals surface area (Å²) in [6, 6.07) is 23.5. The van der Waals surface area contributed by atoms with Gasteiger partial charge < -0.3 is 16.8 Å². The maximum Gasteiger partial charge on any atom is 0.263 e. The summed E-state index contributed by atoms with van der Waals surface area (Å²) in [4.78, 5) is 22.6. The van der Waals surface area contributed by atoms with Crippen molar-refractivity contribution in [1.82, 2.24) is 14.5 Å². The Labute approximate surface area is 222 Å². The second-order valence-corrected chi connectivity index (χ2v) is 9.55. The molecule has 0 amide bonds. The lowest BCUT2D eigenvalue weighted by molar-refractivity contribution is 0.841. The molecule has 3 aromatic carbocycles. The number of para-hydroxylation sites is 1. The first-order valence-electron chi connectivity index (χ1n) is 12.8. The third-order valence-electron chi connectivity index (χ3n) is 7.07. The van der Waals surface area contributed by atoms with Gasteiger partial charge in [0.25, 0.3) is 5.56 Å². The molecule has 38 heavy (non-hydrogen) atoms. The van der Waals surface area contributed by atoms with Crippen molar-refractivity contribution < 1.29 is 0 Å². The summed E-state index contributed by atoms with van der Waals surface area (Å²) in [6.07, 6.45) is 2.33. The Morgan fingerprint density at radius 3 is 2.50 bits per heavy atom. The van der Waals surface area contributed by atoms with Gasteiger partial charge in [0.1, 0.15) is 18.0 Å². The van der Waals surface area contributed by atoms with Crippen molar-refractivity contribution in [1.29, 1.82) is 0 Å². The molecule has 5 rings (SSSR count). The first-order valence-corrected chi connectivity index (χ1v) is 12.8. The largest absolute Gasteiger partial charge is 0.383 e. The quantitative estimate of drug-likeness (QED) is 0.281. The standard InChI is InChI=1S/C31H32N6O/c1-4-21-11-8-13-23(15-21)28(32)27-29(33)35-18-36-30(27)34-17-24-16-22-12-7-10-20(3)26(22)31(38)37(24)25-14-6-5-9-19(25)2/h5-16,18,28H,4,17,32H2,1-3H3,(H3,33,34,35,36). The number of nitrogens with one attached hydrogen (secondary N) is 1. The van der Waals surface area contributed by atoms with Crippen LogP contribution >= 0.6 is 0 Å². The topological polar surface area (TPSA) is 112 Å². The maximum atomic E-state index is 13.9. The van der Waals surface area contributed by atoms with Crippen molar-refractivity contribution in [2.75, 3.05) is 11.1 Å². The van der Waals surface area contributed by atoms with Crippen LogP contribution in [0, 0.1) is 13.8 Å². The lowest BCUT2D eigenvalue weighted by Gasteiger charge is -2.21. The van der Waals surface area contributed by atoms with Crippen molar-refractivity contribution in [2.24, 2.45) is 5.73 Å². The summed E-state index contributed by atoms with van der Waals surface area (Å²) >= 11 is 0. The molecule has 1 unspecified atom stereocenters. The minimum Gasteiger partial charge on any atom is -0.383 e. The van der Waals surface area contributed by atoms with Crippen LogP contribution in [0.15, 0.2) is 83.9 Å². The minimum absolute atomic E-state index is 0.0535. The lowest BCUT2D eigenvalue weighted by Crippen LogP contribution is -2.25. The van der Waals surface area contributed by atoms with E-state index >= 15 is 0 Å². The average Bonchev–Trinajstić information content (AvgIpc) is 2.92. The van der Waals surface area contributed by atoms with Crippen molar-refractivity contribution in [3.63, 3.8) is 0 Å². The second kappa shape index (κ2) is 10.5. The molecule has 0 spiro atoms. The van der Waals surface area contributed by atoms with Crippen LogP contribution in [0.3, 0.4) is 0 Å². The molecule has 0 aliphatic rings. The highest BCUT2D eigenvalue weighted by Crippen LogP contribution is 2.30. The molecule has 0 bridgehead atoms. The fraction of sp³-hybridized carbons (Fsp3) is 0.194. The Bertz CT molecular complexity index is 1690. The van der Waals surface area contributed by atoms with E-state index in [9.17, 15) is 4.79 Å². The Balaban J connectivity index is 1.60. The number of nitrogen functional groups attached to an aromatic ring is 1. The molecular weight excluding hydrogens is 472 g/mol. The smallest absolute Gasteiger partial charge is 0.263 e. The van der Waals surface area contributed by atoms with Crippen LogP contribution in [0.2, 0.25) is 0 Å². The first-order chi connectivity index (χ1) is 18.4. The zero-order valence-electron chi connectivity index (χ0n) is 21.9. The Kier molecular flexibility index (Phi) is 6.94. The van der Waals surface area contributed by atoms with Gasteiger partial charge >= 0.3 is 0 Å². The van der Waals surface area contributed by atoms with Gasteiger partial charge in [0.15, 0.2) is 0 Å². The molecule has 0 fully saturated rings. The molecule has 5 aromatic rings. The Morgan fingerprint density at radius 1 is 0.947 bits per heavy atom. The zero-order chi connectivity index (χ0) is 26.8. The molecule has 192 valence electrons. The van der Waals surface area contributed by atoms with E-state index in [-0.39, 0.29) is 5.56 Å². The number of hydrogen-bond donors (Lipinski definition) is 3. The van der Waals surface area contributed by atoms with E-state index < -0.39 is 6.04 Å². The number of anilines is 2. The fourth-order valence-corrected chi connectivity index (χ4v) is 5.00. The molecule has 0 aliphatic heterocycles. The summed E-state index contributed by atoms with van der Waals surface area (Å²) in [5, 5.41) is 5.02. The maximum absolute atomic E-state index is 13.9. The molecular formula is C31H32N6O. The number of hydrogen-bond acceptors (Lipinski definition) is 6. The third-order valence-corrected chi connectivity index (χ3v) is 7.07. The first kappa shape index (κ1) is 25.2. The molecule has 0 radical (unpaired) electrons. The SMILES string of the molecule is CCc1cccc(C(N)c2c(N)ncnc2NCc2cc3cccc(C)c3c(=O)n2-c2ccccc2C)c1. The van der Waals surface area contributed by atoms with Gasteiger partial charge in [-0.15, -0.1) is 0 Å². The Hall–Kier alpha value is -4.49. The van der Waals surface area contributed by atoms with Crippen LogP contribution in [0.4, 0.5) is 11.6 Å². The molecule has 7 nitrogen and oxygen atoms in total. The summed E-state index contributed by atoms with van der Waals surface area (Å²) in [7, 11) is 0. The monoisotopic (exact) mass is 504 g/mol. The van der Waals surface area contributed by atoms with Crippen molar-refractivity contribution in [3.8, 4) is 5.69 Å². The third kappa shape index (κ3) is 4.64. The molecule has 2 heterocycles. The lowest BCUT2D eigenvalue weighted by atomic mass is 9.97. The van der Waals surface area contributed by atoms with E-state index in [2.05, 4.69) is 40.4 Å². The summed E-state index contributed by atoms with van der Waals surface area (Å²) in [5.74, 6) is 0.863. The highest BCUT2D eigenvalue weighted by atomic mass is 16.1. The van der Waals surface area contributed by atoms with Gasteiger partial charge in [0, 0.05) is 5.69 Å². The Morgan fingerprint density at radius 2 is 1.71 bits per heavy atom. The van der Waals surface area contributed by atoms with Crippen LogP contribution in [-0.2, 0) is 13.0 Å². The van der Waals surface area contributed by atoms with E-state index in [1.165, 1.54) is 11.9 Å². The minimum atomic E-state index is -0.511. The number of aromatic nitrogens is 3. The number of rotatable bonds is 7. The molecule has 1 atom stereocenters. The van der Waals surface area contributed by atoms with Crippen LogP contribution in [0.5, 0.6) is 0 Å². The molecule has 0 saturated heterocycles. The van der Waals surface area contributed by atoms with Gasteiger partial charge in [-0.1, -0.05) is 67.6 Å². The number of benzene rings is 3. The number of fused-ring (bicyclic) bond motifs is 1. The van der Waals surface area contributed by atoms with Crippen LogP contribution in [0.1, 0.15) is 46.5 Å². The van der Waals surface area contributed by atoms with Gasteiger partial charge in [0.05, 0.1) is 29.2 Å². The van der Waals surface area contributed by atoms with E-state index in [0.717, 1.165) is 39.9 Å². The second-order valence-electron chi connectivity index (χ2n) is 9.55. The van der Waals surface area contributed by atoms with Crippen LogP contribution < -0.4 is 22.3 Å². The number of nitrogens with zero attached hydrogens (tertiary/aromatic N) is 3. The van der Waals surface area contributed by atoms with Gasteiger partial charge in [-0.25, -0.2) is 9.97 Å². The van der Waals surface area contributed by atoms with Crippen molar-refractivity contribution in [2.45, 2.75) is 39.8 Å². The van der Waals surface area contributed by atoms with E-state index in [1.807, 2.05) is 68.4 Å². The number of nitrogens with two attached hydrogens (primary N) is 2. The molecule has 0 saturated carbocycles. The van der Waals surface area contributed by atoms with E-state index in [0.29, 0.717) is 29.1 Å². The van der Waals surface area contributed by atoms with Gasteiger partial charge in [-0.3, -0.25) is 9.36 Å². The predicted molar refractivity (Wildman–Crippen MR) is 155 cm³/mol. The van der Waals surface area contributed by atoms with Gasteiger partial charge in [-0.2, -0.15) is 0 Å².